The van der Waals surface area contributed by atoms with Gasteiger partial charge in [-0.2, -0.15) is 0 Å². The average molecular weight is 395 g/mol. The highest BCUT2D eigenvalue weighted by atomic mass is 16.7. The fourth-order valence-corrected chi connectivity index (χ4v) is 3.68. The molecule has 2 amide bonds. The summed E-state index contributed by atoms with van der Waals surface area (Å²) in [5, 5.41) is 2.89. The minimum absolute atomic E-state index is 0.175. The molecular formula is C22H25N3O4. The molecule has 1 spiro atoms. The van der Waals surface area contributed by atoms with Crippen LogP contribution in [0.2, 0.25) is 0 Å². The van der Waals surface area contributed by atoms with Gasteiger partial charge < -0.3 is 19.7 Å². The predicted molar refractivity (Wildman–Crippen MR) is 106 cm³/mol. The standard InChI is InChI=1S/C22H25N3O4/c1-16-2-4-17(5-3-16)15-24-20(26)18-6-9-23-19(14-18)21(27)25-10-7-22(8-11-25)28-12-13-29-22/h2-6,9,14H,7-8,10-13,15H2,1H3,(H,24,26). The summed E-state index contributed by atoms with van der Waals surface area (Å²) in [6.07, 6.45) is 2.80. The van der Waals surface area contributed by atoms with Crippen molar-refractivity contribution >= 4 is 11.8 Å². The van der Waals surface area contributed by atoms with Crippen LogP contribution >= 0.6 is 0 Å². The van der Waals surface area contributed by atoms with E-state index in [0.717, 1.165) is 5.56 Å². The Morgan fingerprint density at radius 1 is 1.10 bits per heavy atom. The number of amides is 2. The zero-order valence-electron chi connectivity index (χ0n) is 16.5. The number of likely N-dealkylation sites (tertiary alicyclic amines) is 1. The highest BCUT2D eigenvalue weighted by molar-refractivity contribution is 5.98. The van der Waals surface area contributed by atoms with E-state index in [1.807, 2.05) is 31.2 Å². The number of carbonyl (C=O) groups excluding carboxylic acids is 2. The lowest BCUT2D eigenvalue weighted by Gasteiger charge is -2.37. The van der Waals surface area contributed by atoms with Crippen LogP contribution in [0.5, 0.6) is 0 Å². The van der Waals surface area contributed by atoms with E-state index in [1.54, 1.807) is 17.0 Å². The number of ether oxygens (including phenoxy) is 2. The van der Waals surface area contributed by atoms with Gasteiger partial charge in [0, 0.05) is 44.2 Å². The summed E-state index contributed by atoms with van der Waals surface area (Å²) in [5.41, 5.74) is 2.89. The van der Waals surface area contributed by atoms with Gasteiger partial charge in [0.15, 0.2) is 5.79 Å². The first-order chi connectivity index (χ1) is 14.0. The monoisotopic (exact) mass is 395 g/mol. The van der Waals surface area contributed by atoms with Gasteiger partial charge in [0.1, 0.15) is 5.69 Å². The van der Waals surface area contributed by atoms with Gasteiger partial charge in [0.05, 0.1) is 13.2 Å². The summed E-state index contributed by atoms with van der Waals surface area (Å²) in [5.74, 6) is -0.930. The molecule has 0 atom stereocenters. The lowest BCUT2D eigenvalue weighted by Crippen LogP contribution is -2.47. The Bertz CT molecular complexity index is 881. The average Bonchev–Trinajstić information content (AvgIpc) is 3.21. The first kappa shape index (κ1) is 19.5. The van der Waals surface area contributed by atoms with Crippen LogP contribution in [0.4, 0.5) is 0 Å². The second-order valence-corrected chi connectivity index (χ2v) is 7.50. The lowest BCUT2D eigenvalue weighted by molar-refractivity contribution is -0.181. The first-order valence-electron chi connectivity index (χ1n) is 9.92. The number of rotatable bonds is 4. The molecule has 3 heterocycles. The van der Waals surface area contributed by atoms with E-state index in [-0.39, 0.29) is 17.5 Å². The van der Waals surface area contributed by atoms with Crippen LogP contribution in [0.1, 0.15) is 44.8 Å². The maximum Gasteiger partial charge on any atom is 0.272 e. The molecule has 2 saturated heterocycles. The molecular weight excluding hydrogens is 370 g/mol. The quantitative estimate of drug-likeness (QED) is 0.859. The number of hydrogen-bond acceptors (Lipinski definition) is 5. The minimum Gasteiger partial charge on any atom is -0.348 e. The van der Waals surface area contributed by atoms with E-state index >= 15 is 0 Å². The molecule has 7 nitrogen and oxygen atoms in total. The third-order valence-electron chi connectivity index (χ3n) is 5.44. The fraction of sp³-hybridized carbons (Fsp3) is 0.409. The van der Waals surface area contributed by atoms with Crippen LogP contribution in [0.15, 0.2) is 42.6 Å². The SMILES string of the molecule is Cc1ccc(CNC(=O)c2ccnc(C(=O)N3CCC4(CC3)OCCO4)c2)cc1. The van der Waals surface area contributed by atoms with E-state index in [1.165, 1.54) is 11.8 Å². The van der Waals surface area contributed by atoms with Gasteiger partial charge in [-0.25, -0.2) is 0 Å². The Morgan fingerprint density at radius 2 is 1.79 bits per heavy atom. The minimum atomic E-state index is -0.526. The largest absolute Gasteiger partial charge is 0.348 e. The van der Waals surface area contributed by atoms with Crippen molar-refractivity contribution in [3.8, 4) is 0 Å². The van der Waals surface area contributed by atoms with Crippen LogP contribution in [0.25, 0.3) is 0 Å². The van der Waals surface area contributed by atoms with Gasteiger partial charge in [0.2, 0.25) is 0 Å². The van der Waals surface area contributed by atoms with Crippen molar-refractivity contribution < 1.29 is 19.1 Å². The molecule has 1 aromatic carbocycles. The van der Waals surface area contributed by atoms with E-state index < -0.39 is 5.79 Å². The maximum absolute atomic E-state index is 12.8. The smallest absolute Gasteiger partial charge is 0.272 e. The third kappa shape index (κ3) is 4.46. The molecule has 0 aliphatic carbocycles. The first-order valence-corrected chi connectivity index (χ1v) is 9.92. The zero-order valence-corrected chi connectivity index (χ0v) is 16.5. The summed E-state index contributed by atoms with van der Waals surface area (Å²) >= 11 is 0. The fourth-order valence-electron chi connectivity index (χ4n) is 3.68. The molecule has 0 unspecified atom stereocenters. The molecule has 2 aliphatic rings. The Kier molecular flexibility index (Phi) is 5.60. The van der Waals surface area contributed by atoms with E-state index in [0.29, 0.717) is 51.3 Å². The molecule has 2 aromatic rings. The number of benzene rings is 1. The van der Waals surface area contributed by atoms with Crippen molar-refractivity contribution in [3.63, 3.8) is 0 Å². The van der Waals surface area contributed by atoms with Crippen LogP contribution < -0.4 is 5.32 Å². The van der Waals surface area contributed by atoms with Gasteiger partial charge in [-0.15, -0.1) is 0 Å². The van der Waals surface area contributed by atoms with Crippen molar-refractivity contribution in [2.24, 2.45) is 0 Å². The number of pyridine rings is 1. The molecule has 0 bridgehead atoms. The van der Waals surface area contributed by atoms with Crippen LogP contribution in [0, 0.1) is 6.92 Å². The van der Waals surface area contributed by atoms with Crippen molar-refractivity contribution in [1.29, 1.82) is 0 Å². The van der Waals surface area contributed by atoms with Crippen molar-refractivity contribution in [2.75, 3.05) is 26.3 Å². The molecule has 0 radical (unpaired) electrons. The molecule has 152 valence electrons. The second-order valence-electron chi connectivity index (χ2n) is 7.50. The summed E-state index contributed by atoms with van der Waals surface area (Å²) in [7, 11) is 0. The van der Waals surface area contributed by atoms with E-state index in [2.05, 4.69) is 10.3 Å². The Labute approximate surface area is 170 Å². The summed E-state index contributed by atoms with van der Waals surface area (Å²) in [6.45, 7) is 4.76. The summed E-state index contributed by atoms with van der Waals surface area (Å²) in [4.78, 5) is 31.3. The van der Waals surface area contributed by atoms with Crippen LogP contribution in [-0.4, -0.2) is 53.8 Å². The van der Waals surface area contributed by atoms with E-state index in [9.17, 15) is 9.59 Å². The van der Waals surface area contributed by atoms with E-state index in [4.69, 9.17) is 9.47 Å². The molecule has 7 heteroatoms. The highest BCUT2D eigenvalue weighted by Gasteiger charge is 2.41. The molecule has 4 rings (SSSR count). The van der Waals surface area contributed by atoms with Crippen molar-refractivity contribution in [2.45, 2.75) is 32.1 Å². The van der Waals surface area contributed by atoms with Gasteiger partial charge in [-0.3, -0.25) is 14.6 Å². The van der Waals surface area contributed by atoms with Crippen LogP contribution in [-0.2, 0) is 16.0 Å². The van der Waals surface area contributed by atoms with Crippen molar-refractivity contribution in [3.05, 3.63) is 65.0 Å². The molecule has 2 fully saturated rings. The number of nitrogens with one attached hydrogen (secondary N) is 1. The zero-order chi connectivity index (χ0) is 20.3. The number of aromatic nitrogens is 1. The van der Waals surface area contributed by atoms with Gasteiger partial charge in [0.25, 0.3) is 11.8 Å². The van der Waals surface area contributed by atoms with Crippen molar-refractivity contribution in [1.82, 2.24) is 15.2 Å². The van der Waals surface area contributed by atoms with Gasteiger partial charge in [-0.1, -0.05) is 29.8 Å². The third-order valence-corrected chi connectivity index (χ3v) is 5.44. The topological polar surface area (TPSA) is 80.8 Å². The number of carbonyl (C=O) groups is 2. The summed E-state index contributed by atoms with van der Waals surface area (Å²) < 4.78 is 11.4. The molecule has 0 saturated carbocycles. The highest BCUT2D eigenvalue weighted by Crippen LogP contribution is 2.31. The normalized spacial score (nSPS) is 18.0. The van der Waals surface area contributed by atoms with Crippen LogP contribution in [0.3, 0.4) is 0 Å². The Hall–Kier alpha value is -2.77. The Morgan fingerprint density at radius 3 is 2.48 bits per heavy atom. The maximum atomic E-state index is 12.8. The molecule has 2 aliphatic heterocycles. The number of aryl methyl sites for hydroxylation is 1. The number of hydrogen-bond donors (Lipinski definition) is 1. The number of nitrogens with zero attached hydrogens (tertiary/aromatic N) is 2. The molecule has 1 aromatic heterocycles. The van der Waals surface area contributed by atoms with Gasteiger partial charge >= 0.3 is 0 Å². The lowest BCUT2D eigenvalue weighted by atomic mass is 10.0. The molecule has 29 heavy (non-hydrogen) atoms. The van der Waals surface area contributed by atoms with Gasteiger partial charge in [-0.05, 0) is 24.6 Å². The Balaban J connectivity index is 1.37. The summed E-state index contributed by atoms with van der Waals surface area (Å²) in [6, 6.07) is 11.2. The second kappa shape index (κ2) is 8.31. The molecule has 1 N–H and O–H groups in total. The number of piperidine rings is 1. The predicted octanol–water partition coefficient (Wildman–Crippen LogP) is 2.30.